The Hall–Kier alpha value is -1.52. The first-order valence-electron chi connectivity index (χ1n) is 8.18. The van der Waals surface area contributed by atoms with Gasteiger partial charge in [0.2, 0.25) is 10.0 Å². The normalized spacial score (nSPS) is 17.2. The Morgan fingerprint density at radius 2 is 2.12 bits per heavy atom. The van der Waals surface area contributed by atoms with Crippen molar-refractivity contribution < 1.29 is 22.3 Å². The molecule has 1 N–H and O–H groups in total. The van der Waals surface area contributed by atoms with Gasteiger partial charge in [-0.3, -0.25) is 4.90 Å². The number of halogens is 1. The Bertz CT molecular complexity index is 821. The van der Waals surface area contributed by atoms with Gasteiger partial charge in [0.05, 0.1) is 25.2 Å². The van der Waals surface area contributed by atoms with Gasteiger partial charge < -0.3 is 9.47 Å². The highest BCUT2D eigenvalue weighted by Crippen LogP contribution is 2.25. The van der Waals surface area contributed by atoms with Gasteiger partial charge in [0.1, 0.15) is 0 Å². The zero-order valence-corrected chi connectivity index (χ0v) is 16.0. The molecule has 1 aliphatic rings. The van der Waals surface area contributed by atoms with E-state index in [2.05, 4.69) is 9.62 Å². The van der Waals surface area contributed by atoms with Crippen LogP contribution in [0.3, 0.4) is 0 Å². The summed E-state index contributed by atoms with van der Waals surface area (Å²) >= 11 is 1.57. The molecule has 1 unspecified atom stereocenters. The summed E-state index contributed by atoms with van der Waals surface area (Å²) in [5.41, 5.74) is 1.06. The first-order chi connectivity index (χ1) is 12.5. The number of nitrogens with zero attached hydrogens (tertiary/aromatic N) is 1. The molecule has 3 rings (SSSR count). The van der Waals surface area contributed by atoms with Gasteiger partial charge in [0.25, 0.3) is 0 Å². The molecular formula is C17H21FN2O4S2. The third-order valence-corrected chi connectivity index (χ3v) is 6.44. The number of rotatable bonds is 7. The van der Waals surface area contributed by atoms with Crippen LogP contribution in [0, 0.1) is 5.82 Å². The predicted molar refractivity (Wildman–Crippen MR) is 97.6 cm³/mol. The lowest BCUT2D eigenvalue weighted by Crippen LogP contribution is -2.43. The summed E-state index contributed by atoms with van der Waals surface area (Å²) in [5, 5.41) is 3.98. The van der Waals surface area contributed by atoms with Crippen LogP contribution in [0.25, 0.3) is 0 Å². The van der Waals surface area contributed by atoms with Crippen molar-refractivity contribution in [1.29, 1.82) is 0 Å². The molecule has 9 heteroatoms. The van der Waals surface area contributed by atoms with E-state index in [0.29, 0.717) is 13.2 Å². The second kappa shape index (κ2) is 8.45. The average molecular weight is 400 g/mol. The number of thiophene rings is 1. The fraction of sp³-hybridized carbons (Fsp3) is 0.412. The van der Waals surface area contributed by atoms with E-state index in [1.54, 1.807) is 11.3 Å². The molecule has 142 valence electrons. The molecule has 1 aromatic carbocycles. The van der Waals surface area contributed by atoms with E-state index < -0.39 is 15.8 Å². The van der Waals surface area contributed by atoms with Gasteiger partial charge in [0, 0.05) is 25.7 Å². The highest BCUT2D eigenvalue weighted by molar-refractivity contribution is 7.89. The monoisotopic (exact) mass is 400 g/mol. The lowest BCUT2D eigenvalue weighted by atomic mass is 10.1. The molecule has 26 heavy (non-hydrogen) atoms. The molecule has 0 spiro atoms. The standard InChI is InChI=1S/C17H21FN2O4S2/c1-23-17-3-2-14(10-15(17)18)26(21,22)19-11-16(13-4-9-25-12-13)20-5-7-24-8-6-20/h2-4,9-10,12,16,19H,5-8,11H2,1H3. The molecule has 0 saturated carbocycles. The average Bonchev–Trinajstić information content (AvgIpc) is 3.17. The van der Waals surface area contributed by atoms with Gasteiger partial charge >= 0.3 is 0 Å². The minimum Gasteiger partial charge on any atom is -0.494 e. The number of benzene rings is 1. The van der Waals surface area contributed by atoms with Crippen molar-refractivity contribution in [3.8, 4) is 5.75 Å². The minimum atomic E-state index is -3.83. The fourth-order valence-corrected chi connectivity index (χ4v) is 4.65. The molecule has 0 bridgehead atoms. The summed E-state index contributed by atoms with van der Waals surface area (Å²) in [5.74, 6) is -0.702. The summed E-state index contributed by atoms with van der Waals surface area (Å²) in [7, 11) is -2.50. The van der Waals surface area contributed by atoms with Gasteiger partial charge in [-0.15, -0.1) is 0 Å². The van der Waals surface area contributed by atoms with Crippen LogP contribution in [-0.4, -0.2) is 53.3 Å². The first-order valence-corrected chi connectivity index (χ1v) is 10.6. The summed E-state index contributed by atoms with van der Waals surface area (Å²) in [6.45, 7) is 2.92. The topological polar surface area (TPSA) is 67.9 Å². The van der Waals surface area contributed by atoms with E-state index in [1.807, 2.05) is 16.8 Å². The molecule has 0 amide bonds. The largest absolute Gasteiger partial charge is 0.494 e. The van der Waals surface area contributed by atoms with Crippen molar-refractivity contribution in [2.24, 2.45) is 0 Å². The van der Waals surface area contributed by atoms with Crippen molar-refractivity contribution in [3.63, 3.8) is 0 Å². The van der Waals surface area contributed by atoms with Crippen LogP contribution in [0.4, 0.5) is 4.39 Å². The van der Waals surface area contributed by atoms with Gasteiger partial charge in [0.15, 0.2) is 11.6 Å². The van der Waals surface area contributed by atoms with Crippen molar-refractivity contribution >= 4 is 21.4 Å². The zero-order chi connectivity index (χ0) is 18.6. The molecular weight excluding hydrogens is 379 g/mol. The molecule has 6 nitrogen and oxygen atoms in total. The van der Waals surface area contributed by atoms with E-state index in [0.717, 1.165) is 24.7 Å². The molecule has 2 heterocycles. The summed E-state index contributed by atoms with van der Waals surface area (Å²) < 4.78 is 51.8. The molecule has 1 atom stereocenters. The van der Waals surface area contributed by atoms with Crippen LogP contribution >= 0.6 is 11.3 Å². The third-order valence-electron chi connectivity index (χ3n) is 4.31. The van der Waals surface area contributed by atoms with Crippen LogP contribution in [0.15, 0.2) is 39.9 Å². The molecule has 1 fully saturated rings. The molecule has 0 radical (unpaired) electrons. The molecule has 2 aromatic rings. The van der Waals surface area contributed by atoms with Crippen LogP contribution in [0.2, 0.25) is 0 Å². The molecule has 1 aromatic heterocycles. The van der Waals surface area contributed by atoms with Gasteiger partial charge in [-0.2, -0.15) is 11.3 Å². The highest BCUT2D eigenvalue weighted by Gasteiger charge is 2.25. The van der Waals surface area contributed by atoms with Crippen LogP contribution in [0.1, 0.15) is 11.6 Å². The zero-order valence-electron chi connectivity index (χ0n) is 14.4. The maximum absolute atomic E-state index is 13.9. The smallest absolute Gasteiger partial charge is 0.240 e. The number of sulfonamides is 1. The minimum absolute atomic E-state index is 0.00779. The predicted octanol–water partition coefficient (Wildman–Crippen LogP) is 2.25. The first kappa shape index (κ1) is 19.2. The lowest BCUT2D eigenvalue weighted by Gasteiger charge is -2.34. The van der Waals surface area contributed by atoms with E-state index in [1.165, 1.54) is 19.2 Å². The maximum atomic E-state index is 13.9. The summed E-state index contributed by atoms with van der Waals surface area (Å²) in [4.78, 5) is 2.07. The Kier molecular flexibility index (Phi) is 6.25. The Morgan fingerprint density at radius 1 is 1.35 bits per heavy atom. The fourth-order valence-electron chi connectivity index (χ4n) is 2.90. The van der Waals surface area contributed by atoms with Crippen molar-refractivity contribution in [3.05, 3.63) is 46.4 Å². The third kappa shape index (κ3) is 4.41. The number of morpholine rings is 1. The van der Waals surface area contributed by atoms with Gasteiger partial charge in [-0.25, -0.2) is 17.5 Å². The second-order valence-corrected chi connectivity index (χ2v) is 8.42. The number of methoxy groups -OCH3 is 1. The Morgan fingerprint density at radius 3 is 2.73 bits per heavy atom. The Balaban J connectivity index is 1.76. The molecule has 1 saturated heterocycles. The van der Waals surface area contributed by atoms with Crippen molar-refractivity contribution in [2.45, 2.75) is 10.9 Å². The number of hydrogen-bond donors (Lipinski definition) is 1. The number of nitrogens with one attached hydrogen (secondary N) is 1. The quantitative estimate of drug-likeness (QED) is 0.772. The lowest BCUT2D eigenvalue weighted by molar-refractivity contribution is 0.0173. The van der Waals surface area contributed by atoms with E-state index in [9.17, 15) is 12.8 Å². The highest BCUT2D eigenvalue weighted by atomic mass is 32.2. The maximum Gasteiger partial charge on any atom is 0.240 e. The van der Waals surface area contributed by atoms with E-state index in [-0.39, 0.29) is 23.2 Å². The van der Waals surface area contributed by atoms with E-state index in [4.69, 9.17) is 9.47 Å². The van der Waals surface area contributed by atoms with E-state index >= 15 is 0 Å². The van der Waals surface area contributed by atoms with Gasteiger partial charge in [-0.1, -0.05) is 0 Å². The second-order valence-electron chi connectivity index (χ2n) is 5.87. The van der Waals surface area contributed by atoms with Crippen molar-refractivity contribution in [2.75, 3.05) is 40.0 Å². The van der Waals surface area contributed by atoms with Crippen LogP contribution in [0.5, 0.6) is 5.75 Å². The number of hydrogen-bond acceptors (Lipinski definition) is 6. The van der Waals surface area contributed by atoms with Crippen LogP contribution < -0.4 is 9.46 Å². The molecule has 1 aliphatic heterocycles. The SMILES string of the molecule is COc1ccc(S(=O)(=O)NCC(c2ccsc2)N2CCOCC2)cc1F. The Labute approximate surface area is 156 Å². The molecule has 0 aliphatic carbocycles. The number of ether oxygens (including phenoxy) is 2. The van der Waals surface area contributed by atoms with Gasteiger partial charge in [-0.05, 0) is 40.6 Å². The summed E-state index contributed by atoms with van der Waals surface area (Å²) in [6.07, 6.45) is 0. The van der Waals surface area contributed by atoms with Crippen molar-refractivity contribution in [1.82, 2.24) is 9.62 Å². The summed E-state index contributed by atoms with van der Waals surface area (Å²) in [6, 6.07) is 5.51. The van der Waals surface area contributed by atoms with Crippen LogP contribution in [-0.2, 0) is 14.8 Å².